The summed E-state index contributed by atoms with van der Waals surface area (Å²) >= 11 is 0. The summed E-state index contributed by atoms with van der Waals surface area (Å²) in [5, 5.41) is 0. The van der Waals surface area contributed by atoms with E-state index in [4.69, 9.17) is 4.74 Å². The fourth-order valence-electron chi connectivity index (χ4n) is 1.60. The lowest BCUT2D eigenvalue weighted by atomic mass is 10.0. The number of halogens is 1. The van der Waals surface area contributed by atoms with Crippen LogP contribution in [0, 0.1) is 5.82 Å². The maximum atomic E-state index is 13.3. The van der Waals surface area contributed by atoms with Crippen molar-refractivity contribution in [1.29, 1.82) is 0 Å². The van der Waals surface area contributed by atoms with Gasteiger partial charge in [-0.3, -0.25) is 0 Å². The minimum Gasteiger partial charge on any atom is -0.493 e. The van der Waals surface area contributed by atoms with Crippen LogP contribution in [0.1, 0.15) is 11.1 Å². The molecule has 1 aromatic rings. The van der Waals surface area contributed by atoms with Crippen LogP contribution in [-0.4, -0.2) is 12.7 Å². The van der Waals surface area contributed by atoms with E-state index in [-0.39, 0.29) is 12.4 Å². The quantitative estimate of drug-likeness (QED) is 0.528. The number of aliphatic imine (C=N–C) groups is 1. The number of carbonyl (C=O) groups excluding carboxylic acids is 1. The predicted octanol–water partition coefficient (Wildman–Crippen LogP) is 1.60. The normalized spacial score (nSPS) is 12.9. The van der Waals surface area contributed by atoms with Gasteiger partial charge in [0.1, 0.15) is 11.6 Å². The van der Waals surface area contributed by atoms with Gasteiger partial charge in [0.05, 0.1) is 13.2 Å². The first-order valence-corrected chi connectivity index (χ1v) is 4.29. The van der Waals surface area contributed by atoms with Crippen LogP contribution in [0.25, 0.3) is 0 Å². The first-order valence-electron chi connectivity index (χ1n) is 4.29. The molecule has 2 rings (SSSR count). The third-order valence-electron chi connectivity index (χ3n) is 2.24. The topological polar surface area (TPSA) is 38.7 Å². The molecule has 0 unspecified atom stereocenters. The van der Waals surface area contributed by atoms with Crippen LogP contribution in [0.3, 0.4) is 0 Å². The van der Waals surface area contributed by atoms with Gasteiger partial charge in [-0.25, -0.2) is 14.2 Å². The summed E-state index contributed by atoms with van der Waals surface area (Å²) in [6, 6.07) is 2.94. The second-order valence-corrected chi connectivity index (χ2v) is 3.01. The van der Waals surface area contributed by atoms with Crippen molar-refractivity contribution in [2.45, 2.75) is 13.0 Å². The molecule has 72 valence electrons. The Morgan fingerprint density at radius 3 is 3.21 bits per heavy atom. The smallest absolute Gasteiger partial charge is 0.235 e. The molecular weight excluding hydrogens is 185 g/mol. The molecule has 0 spiro atoms. The minimum atomic E-state index is -0.340. The lowest BCUT2D eigenvalue weighted by Gasteiger charge is -2.04. The molecule has 0 saturated carbocycles. The highest BCUT2D eigenvalue weighted by Crippen LogP contribution is 2.30. The fraction of sp³-hybridized carbons (Fsp3) is 0.300. The number of rotatable bonds is 2. The van der Waals surface area contributed by atoms with Crippen LogP contribution in [0.2, 0.25) is 0 Å². The molecule has 4 heteroatoms. The number of benzene rings is 1. The van der Waals surface area contributed by atoms with E-state index in [1.807, 2.05) is 0 Å². The molecule has 0 fully saturated rings. The van der Waals surface area contributed by atoms with Gasteiger partial charge in [-0.05, 0) is 12.1 Å². The highest BCUT2D eigenvalue weighted by atomic mass is 19.1. The van der Waals surface area contributed by atoms with Crippen LogP contribution in [-0.2, 0) is 17.8 Å². The van der Waals surface area contributed by atoms with Gasteiger partial charge >= 0.3 is 0 Å². The van der Waals surface area contributed by atoms with E-state index >= 15 is 0 Å². The molecular formula is C10H8FNO2. The van der Waals surface area contributed by atoms with E-state index in [1.54, 1.807) is 6.07 Å². The fourth-order valence-corrected chi connectivity index (χ4v) is 1.60. The van der Waals surface area contributed by atoms with E-state index in [0.29, 0.717) is 24.3 Å². The number of fused-ring (bicyclic) bond motifs is 1. The first kappa shape index (κ1) is 8.91. The molecule has 0 radical (unpaired) electrons. The number of ether oxygens (including phenoxy) is 1. The van der Waals surface area contributed by atoms with Crippen molar-refractivity contribution < 1.29 is 13.9 Å². The van der Waals surface area contributed by atoms with Gasteiger partial charge in [-0.15, -0.1) is 0 Å². The lowest BCUT2D eigenvalue weighted by Crippen LogP contribution is -1.94. The molecule has 0 bridgehead atoms. The van der Waals surface area contributed by atoms with Gasteiger partial charge in [0.15, 0.2) is 0 Å². The number of nitrogens with zero attached hydrogens (tertiary/aromatic N) is 1. The van der Waals surface area contributed by atoms with Crippen molar-refractivity contribution in [3.05, 3.63) is 29.1 Å². The molecule has 1 aliphatic rings. The van der Waals surface area contributed by atoms with Crippen LogP contribution >= 0.6 is 0 Å². The summed E-state index contributed by atoms with van der Waals surface area (Å²) in [7, 11) is 0. The molecule has 0 atom stereocenters. The van der Waals surface area contributed by atoms with Crippen LogP contribution in [0.15, 0.2) is 17.1 Å². The second-order valence-electron chi connectivity index (χ2n) is 3.01. The van der Waals surface area contributed by atoms with Gasteiger partial charge in [0.25, 0.3) is 0 Å². The van der Waals surface area contributed by atoms with Crippen molar-refractivity contribution in [3.63, 3.8) is 0 Å². The number of hydrogen-bond acceptors (Lipinski definition) is 3. The lowest BCUT2D eigenvalue weighted by molar-refractivity contribution is 0.356. The maximum Gasteiger partial charge on any atom is 0.235 e. The monoisotopic (exact) mass is 193 g/mol. The predicted molar refractivity (Wildman–Crippen MR) is 47.4 cm³/mol. The maximum absolute atomic E-state index is 13.3. The Kier molecular flexibility index (Phi) is 2.29. The molecule has 0 aromatic heterocycles. The Balaban J connectivity index is 2.45. The zero-order valence-electron chi connectivity index (χ0n) is 7.42. The summed E-state index contributed by atoms with van der Waals surface area (Å²) in [6.07, 6.45) is 2.08. The van der Waals surface area contributed by atoms with E-state index < -0.39 is 0 Å². The van der Waals surface area contributed by atoms with Crippen LogP contribution < -0.4 is 4.74 Å². The van der Waals surface area contributed by atoms with Gasteiger partial charge in [0.2, 0.25) is 6.08 Å². The van der Waals surface area contributed by atoms with Gasteiger partial charge in [-0.1, -0.05) is 0 Å². The highest BCUT2D eigenvalue weighted by Gasteiger charge is 2.18. The zero-order valence-corrected chi connectivity index (χ0v) is 7.42. The summed E-state index contributed by atoms with van der Waals surface area (Å²) in [5.41, 5.74) is 1.27. The van der Waals surface area contributed by atoms with Gasteiger partial charge in [-0.2, -0.15) is 0 Å². The van der Waals surface area contributed by atoms with Crippen molar-refractivity contribution in [1.82, 2.24) is 0 Å². The Labute approximate surface area is 80.2 Å². The average molecular weight is 193 g/mol. The summed E-state index contributed by atoms with van der Waals surface area (Å²) in [4.78, 5) is 13.3. The molecule has 14 heavy (non-hydrogen) atoms. The standard InChI is InChI=1S/C10H8FNO2/c11-9-1-2-10-7(3-4-14-10)8(9)5-12-6-13/h1-2H,3-5H2. The summed E-state index contributed by atoms with van der Waals surface area (Å²) in [6.45, 7) is 0.610. The highest BCUT2D eigenvalue weighted by molar-refractivity contribution is 5.44. The molecule has 0 amide bonds. The molecule has 0 N–H and O–H groups in total. The van der Waals surface area contributed by atoms with Gasteiger partial charge in [0, 0.05) is 17.5 Å². The summed E-state index contributed by atoms with van der Waals surface area (Å²) in [5.74, 6) is 0.357. The Morgan fingerprint density at radius 1 is 1.57 bits per heavy atom. The Hall–Kier alpha value is -1.67. The zero-order chi connectivity index (χ0) is 9.97. The number of hydrogen-bond donors (Lipinski definition) is 0. The average Bonchev–Trinajstić information content (AvgIpc) is 2.64. The van der Waals surface area contributed by atoms with E-state index in [2.05, 4.69) is 4.99 Å². The third kappa shape index (κ3) is 1.40. The Morgan fingerprint density at radius 2 is 2.43 bits per heavy atom. The number of isocyanates is 1. The third-order valence-corrected chi connectivity index (χ3v) is 2.24. The molecule has 1 heterocycles. The minimum absolute atomic E-state index is 0.0435. The van der Waals surface area contributed by atoms with Crippen molar-refractivity contribution in [2.24, 2.45) is 4.99 Å². The van der Waals surface area contributed by atoms with Crippen LogP contribution in [0.4, 0.5) is 4.39 Å². The molecule has 0 aliphatic carbocycles. The summed E-state index contributed by atoms with van der Waals surface area (Å²) < 4.78 is 18.6. The SMILES string of the molecule is O=C=NCc1c(F)ccc2c1CCO2. The molecule has 0 saturated heterocycles. The van der Waals surface area contributed by atoms with Gasteiger partial charge < -0.3 is 4.74 Å². The van der Waals surface area contributed by atoms with Crippen molar-refractivity contribution in [3.8, 4) is 5.75 Å². The first-order chi connectivity index (χ1) is 6.83. The van der Waals surface area contributed by atoms with E-state index in [0.717, 1.165) is 5.56 Å². The Bertz CT molecular complexity index is 411. The van der Waals surface area contributed by atoms with Crippen molar-refractivity contribution in [2.75, 3.05) is 6.61 Å². The molecule has 1 aromatic carbocycles. The largest absolute Gasteiger partial charge is 0.493 e. The van der Waals surface area contributed by atoms with E-state index in [1.165, 1.54) is 12.1 Å². The molecule has 3 nitrogen and oxygen atoms in total. The van der Waals surface area contributed by atoms with Crippen LogP contribution in [0.5, 0.6) is 5.75 Å². The van der Waals surface area contributed by atoms with E-state index in [9.17, 15) is 9.18 Å². The molecule has 1 aliphatic heterocycles. The second kappa shape index (κ2) is 3.60. The van der Waals surface area contributed by atoms with Crippen molar-refractivity contribution >= 4 is 6.08 Å².